The van der Waals surface area contributed by atoms with Crippen LogP contribution in [0.3, 0.4) is 0 Å². The third kappa shape index (κ3) is 2.65. The summed E-state index contributed by atoms with van der Waals surface area (Å²) in [5, 5.41) is 6.72. The normalized spacial score (nSPS) is 11.0. The number of nitrogens with two attached hydrogens (primary N) is 1. The maximum absolute atomic E-state index is 13.9. The van der Waals surface area contributed by atoms with Crippen molar-refractivity contribution < 1.29 is 13.2 Å². The van der Waals surface area contributed by atoms with Gasteiger partial charge in [-0.25, -0.2) is 8.78 Å². The smallest absolute Gasteiger partial charge is 0.153 e. The molecule has 0 aliphatic heterocycles. The van der Waals surface area contributed by atoms with E-state index in [0.717, 1.165) is 11.8 Å². The molecule has 3 aromatic rings. The van der Waals surface area contributed by atoms with Crippen LogP contribution in [0.2, 0.25) is 0 Å². The molecule has 3 N–H and O–H groups in total. The van der Waals surface area contributed by atoms with E-state index < -0.39 is 11.6 Å². The molecule has 0 radical (unpaired) electrons. The Balaban J connectivity index is 1.93. The molecule has 0 atom stereocenters. The van der Waals surface area contributed by atoms with Gasteiger partial charge in [0.2, 0.25) is 0 Å². The van der Waals surface area contributed by atoms with Crippen LogP contribution in [0.4, 0.5) is 14.6 Å². The molecule has 0 bridgehead atoms. The predicted molar refractivity (Wildman–Crippen MR) is 74.5 cm³/mol. The molecular weight excluding hydrogens is 276 g/mol. The van der Waals surface area contributed by atoms with Crippen LogP contribution in [0.15, 0.2) is 41.0 Å². The van der Waals surface area contributed by atoms with E-state index in [-0.39, 0.29) is 11.4 Å². The zero-order chi connectivity index (χ0) is 14.8. The number of nitrogens with one attached hydrogen (secondary N) is 1. The van der Waals surface area contributed by atoms with Crippen molar-refractivity contribution in [3.63, 3.8) is 0 Å². The fourth-order valence-electron chi connectivity index (χ4n) is 2.27. The average molecular weight is 289 g/mol. The fraction of sp³-hybridized carbons (Fsp3) is 0.133. The highest BCUT2D eigenvalue weighted by Gasteiger charge is 2.17. The van der Waals surface area contributed by atoms with Gasteiger partial charge in [0.15, 0.2) is 5.82 Å². The number of aromatic amines is 1. The summed E-state index contributed by atoms with van der Waals surface area (Å²) in [4.78, 5) is 0. The topological polar surface area (TPSA) is 67.8 Å². The van der Waals surface area contributed by atoms with E-state index in [0.29, 0.717) is 24.1 Å². The summed E-state index contributed by atoms with van der Waals surface area (Å²) in [7, 11) is 0. The van der Waals surface area contributed by atoms with Crippen molar-refractivity contribution in [1.82, 2.24) is 10.2 Å². The summed E-state index contributed by atoms with van der Waals surface area (Å²) >= 11 is 0. The number of benzene rings is 1. The highest BCUT2D eigenvalue weighted by molar-refractivity contribution is 5.76. The van der Waals surface area contributed by atoms with Crippen molar-refractivity contribution in [3.05, 3.63) is 59.7 Å². The van der Waals surface area contributed by atoms with E-state index in [9.17, 15) is 8.78 Å². The lowest BCUT2D eigenvalue weighted by atomic mass is 10.0. The first kappa shape index (κ1) is 13.4. The lowest BCUT2D eigenvalue weighted by Gasteiger charge is -2.05. The van der Waals surface area contributed by atoms with Crippen molar-refractivity contribution in [2.24, 2.45) is 0 Å². The van der Waals surface area contributed by atoms with E-state index in [1.807, 2.05) is 6.07 Å². The summed E-state index contributed by atoms with van der Waals surface area (Å²) in [6.07, 6.45) is 2.78. The van der Waals surface area contributed by atoms with Gasteiger partial charge in [0, 0.05) is 29.3 Å². The molecule has 21 heavy (non-hydrogen) atoms. The van der Waals surface area contributed by atoms with E-state index in [1.54, 1.807) is 12.3 Å². The molecule has 0 aliphatic carbocycles. The number of hydrogen-bond donors (Lipinski definition) is 2. The zero-order valence-corrected chi connectivity index (χ0v) is 11.1. The number of nitrogens with zero attached hydrogens (tertiary/aromatic N) is 1. The standard InChI is InChI=1S/C15H13F2N3O/c16-9-3-5-11(12(17)8-9)14-13(19-20-15(14)18)6-4-10-2-1-7-21-10/h1-3,5,7-8H,4,6H2,(H3,18,19,20). The number of aromatic nitrogens is 2. The van der Waals surface area contributed by atoms with E-state index in [2.05, 4.69) is 10.2 Å². The van der Waals surface area contributed by atoms with Gasteiger partial charge in [-0.15, -0.1) is 0 Å². The van der Waals surface area contributed by atoms with Gasteiger partial charge in [-0.3, -0.25) is 5.10 Å². The van der Waals surface area contributed by atoms with Gasteiger partial charge in [0.05, 0.1) is 6.26 Å². The Labute approximate surface area is 119 Å². The molecule has 3 rings (SSSR count). The second kappa shape index (κ2) is 5.40. The number of halogens is 2. The van der Waals surface area contributed by atoms with Gasteiger partial charge in [-0.05, 0) is 30.7 Å². The second-order valence-electron chi connectivity index (χ2n) is 4.67. The molecule has 2 heterocycles. The maximum atomic E-state index is 13.9. The van der Waals surface area contributed by atoms with Crippen LogP contribution >= 0.6 is 0 Å². The molecule has 6 heteroatoms. The number of anilines is 1. The van der Waals surface area contributed by atoms with Crippen LogP contribution in [-0.4, -0.2) is 10.2 Å². The lowest BCUT2D eigenvalue weighted by Crippen LogP contribution is -1.96. The third-order valence-corrected chi connectivity index (χ3v) is 3.27. The summed E-state index contributed by atoms with van der Waals surface area (Å²) in [5.41, 5.74) is 7.20. The minimum atomic E-state index is -0.664. The maximum Gasteiger partial charge on any atom is 0.153 e. The molecule has 0 spiro atoms. The minimum Gasteiger partial charge on any atom is -0.469 e. The van der Waals surface area contributed by atoms with Gasteiger partial charge in [0.1, 0.15) is 17.4 Å². The van der Waals surface area contributed by atoms with Crippen LogP contribution in [0.5, 0.6) is 0 Å². The first-order valence-corrected chi connectivity index (χ1v) is 6.45. The number of rotatable bonds is 4. The highest BCUT2D eigenvalue weighted by atomic mass is 19.1. The molecule has 0 saturated carbocycles. The third-order valence-electron chi connectivity index (χ3n) is 3.27. The van der Waals surface area contributed by atoms with E-state index in [4.69, 9.17) is 10.2 Å². The summed E-state index contributed by atoms with van der Waals surface area (Å²) in [6.45, 7) is 0. The Hall–Kier alpha value is -2.63. The molecule has 0 saturated heterocycles. The number of furan rings is 1. The Morgan fingerprint density at radius 1 is 1.19 bits per heavy atom. The molecule has 0 aliphatic rings. The Morgan fingerprint density at radius 3 is 2.76 bits per heavy atom. The van der Waals surface area contributed by atoms with Gasteiger partial charge in [-0.2, -0.15) is 5.10 Å². The van der Waals surface area contributed by atoms with Gasteiger partial charge >= 0.3 is 0 Å². The molecule has 0 amide bonds. The average Bonchev–Trinajstić information content (AvgIpc) is 3.07. The molecule has 2 aromatic heterocycles. The van der Waals surface area contributed by atoms with Crippen molar-refractivity contribution in [2.75, 3.05) is 5.73 Å². The number of hydrogen-bond acceptors (Lipinski definition) is 3. The van der Waals surface area contributed by atoms with Crippen LogP contribution in [0.1, 0.15) is 11.5 Å². The Morgan fingerprint density at radius 2 is 2.05 bits per heavy atom. The number of aryl methyl sites for hydroxylation is 2. The van der Waals surface area contributed by atoms with Crippen molar-refractivity contribution in [1.29, 1.82) is 0 Å². The first-order valence-electron chi connectivity index (χ1n) is 6.45. The van der Waals surface area contributed by atoms with Crippen LogP contribution in [0.25, 0.3) is 11.1 Å². The van der Waals surface area contributed by atoms with Gasteiger partial charge in [-0.1, -0.05) is 0 Å². The van der Waals surface area contributed by atoms with Crippen LogP contribution in [-0.2, 0) is 12.8 Å². The first-order chi connectivity index (χ1) is 10.1. The largest absolute Gasteiger partial charge is 0.469 e. The molecule has 1 aromatic carbocycles. The van der Waals surface area contributed by atoms with Gasteiger partial charge < -0.3 is 10.2 Å². The second-order valence-corrected chi connectivity index (χ2v) is 4.67. The van der Waals surface area contributed by atoms with E-state index >= 15 is 0 Å². The van der Waals surface area contributed by atoms with E-state index in [1.165, 1.54) is 12.1 Å². The van der Waals surface area contributed by atoms with Crippen molar-refractivity contribution >= 4 is 5.82 Å². The van der Waals surface area contributed by atoms with Crippen LogP contribution < -0.4 is 5.73 Å². The minimum absolute atomic E-state index is 0.190. The molecule has 108 valence electrons. The summed E-state index contributed by atoms with van der Waals surface area (Å²) in [6, 6.07) is 7.05. The van der Waals surface area contributed by atoms with Crippen molar-refractivity contribution in [2.45, 2.75) is 12.8 Å². The monoisotopic (exact) mass is 289 g/mol. The molecule has 4 nitrogen and oxygen atoms in total. The van der Waals surface area contributed by atoms with Gasteiger partial charge in [0.25, 0.3) is 0 Å². The highest BCUT2D eigenvalue weighted by Crippen LogP contribution is 2.31. The predicted octanol–water partition coefficient (Wildman–Crippen LogP) is 3.32. The SMILES string of the molecule is Nc1n[nH]c(CCc2ccco2)c1-c1ccc(F)cc1F. The molecular formula is C15H13F2N3O. The fourth-order valence-corrected chi connectivity index (χ4v) is 2.27. The lowest BCUT2D eigenvalue weighted by molar-refractivity contribution is 0.507. The Bertz CT molecular complexity index is 750. The number of H-pyrrole nitrogens is 1. The molecule has 0 unspecified atom stereocenters. The zero-order valence-electron chi connectivity index (χ0n) is 11.1. The summed E-state index contributed by atoms with van der Waals surface area (Å²) in [5.74, 6) is -0.290. The number of nitrogen functional groups attached to an aromatic ring is 1. The molecule has 0 fully saturated rings. The van der Waals surface area contributed by atoms with Crippen LogP contribution in [0, 0.1) is 11.6 Å². The quantitative estimate of drug-likeness (QED) is 0.774. The van der Waals surface area contributed by atoms with Crippen molar-refractivity contribution in [3.8, 4) is 11.1 Å². The Kier molecular flexibility index (Phi) is 3.43. The summed E-state index contributed by atoms with van der Waals surface area (Å²) < 4.78 is 32.2.